The first-order chi connectivity index (χ1) is 17.9. The van der Waals surface area contributed by atoms with Crippen LogP contribution in [-0.2, 0) is 16.6 Å². The van der Waals surface area contributed by atoms with Gasteiger partial charge in [-0.15, -0.1) is 0 Å². The number of para-hydroxylation sites is 1. The van der Waals surface area contributed by atoms with E-state index in [-0.39, 0.29) is 17.3 Å². The van der Waals surface area contributed by atoms with Crippen molar-refractivity contribution < 1.29 is 22.7 Å². The number of hydrogen-bond donors (Lipinski definition) is 1. The quantitative estimate of drug-likeness (QED) is 0.282. The van der Waals surface area contributed by atoms with Gasteiger partial charge in [-0.3, -0.25) is 4.79 Å². The topological polar surface area (TPSA) is 84.9 Å². The fraction of sp³-hybridized carbons (Fsp3) is 0.138. The number of nitrogens with one attached hydrogen (secondary N) is 1. The molecule has 0 aliphatic rings. The van der Waals surface area contributed by atoms with Crippen LogP contribution < -0.4 is 14.8 Å². The van der Waals surface area contributed by atoms with Crippen molar-refractivity contribution in [3.8, 4) is 17.2 Å². The van der Waals surface area contributed by atoms with Gasteiger partial charge in [0.15, 0.2) is 0 Å². The van der Waals surface area contributed by atoms with Crippen LogP contribution in [0.5, 0.6) is 17.2 Å². The first kappa shape index (κ1) is 25.9. The van der Waals surface area contributed by atoms with Crippen molar-refractivity contribution in [1.82, 2.24) is 4.31 Å². The van der Waals surface area contributed by atoms with Gasteiger partial charge in [0.25, 0.3) is 5.91 Å². The maximum Gasteiger partial charge on any atom is 0.255 e. The molecule has 0 aliphatic carbocycles. The van der Waals surface area contributed by atoms with Gasteiger partial charge < -0.3 is 14.8 Å². The number of ether oxygens (including phenoxy) is 2. The lowest BCUT2D eigenvalue weighted by atomic mass is 10.1. The number of sulfonamides is 1. The molecule has 190 valence electrons. The van der Waals surface area contributed by atoms with Crippen molar-refractivity contribution in [3.05, 3.63) is 114 Å². The molecule has 0 bridgehead atoms. The summed E-state index contributed by atoms with van der Waals surface area (Å²) in [6.07, 6.45) is 0. The van der Waals surface area contributed by atoms with E-state index in [4.69, 9.17) is 9.47 Å². The first-order valence-corrected chi connectivity index (χ1v) is 13.2. The smallest absolute Gasteiger partial charge is 0.255 e. The molecule has 0 heterocycles. The van der Waals surface area contributed by atoms with Crippen molar-refractivity contribution >= 4 is 21.6 Å². The second-order valence-corrected chi connectivity index (χ2v) is 10.3. The van der Waals surface area contributed by atoms with Gasteiger partial charge in [0, 0.05) is 30.4 Å². The first-order valence-electron chi connectivity index (χ1n) is 11.8. The van der Waals surface area contributed by atoms with Crippen LogP contribution in [-0.4, -0.2) is 32.3 Å². The molecule has 37 heavy (non-hydrogen) atoms. The van der Waals surface area contributed by atoms with Gasteiger partial charge in [-0.25, -0.2) is 8.42 Å². The Morgan fingerprint density at radius 1 is 0.838 bits per heavy atom. The summed E-state index contributed by atoms with van der Waals surface area (Å²) in [7, 11) is -2.21. The third-order valence-electron chi connectivity index (χ3n) is 5.56. The summed E-state index contributed by atoms with van der Waals surface area (Å²) < 4.78 is 38.7. The molecular formula is C29H28N2O5S. The van der Waals surface area contributed by atoms with Gasteiger partial charge in [-0.2, -0.15) is 4.31 Å². The summed E-state index contributed by atoms with van der Waals surface area (Å²) in [5.41, 5.74) is 1.57. The van der Waals surface area contributed by atoms with Gasteiger partial charge in [0.2, 0.25) is 10.0 Å². The van der Waals surface area contributed by atoms with Crippen LogP contribution in [0.2, 0.25) is 0 Å². The normalized spacial score (nSPS) is 11.2. The van der Waals surface area contributed by atoms with Crippen LogP contribution in [0.15, 0.2) is 108 Å². The molecule has 8 heteroatoms. The highest BCUT2D eigenvalue weighted by Gasteiger charge is 2.22. The Bertz CT molecular complexity index is 1440. The minimum atomic E-state index is -3.71. The van der Waals surface area contributed by atoms with Crippen LogP contribution in [0.25, 0.3) is 0 Å². The van der Waals surface area contributed by atoms with E-state index in [0.717, 1.165) is 5.75 Å². The maximum absolute atomic E-state index is 13.0. The zero-order valence-corrected chi connectivity index (χ0v) is 21.4. The number of carbonyl (C=O) groups excluding carboxylic acids is 1. The second kappa shape index (κ2) is 11.7. The Morgan fingerprint density at radius 3 is 2.11 bits per heavy atom. The van der Waals surface area contributed by atoms with Gasteiger partial charge in [0.1, 0.15) is 17.2 Å². The summed E-state index contributed by atoms with van der Waals surface area (Å²) in [4.78, 5) is 13.2. The van der Waals surface area contributed by atoms with E-state index >= 15 is 0 Å². The molecule has 0 aromatic heterocycles. The highest BCUT2D eigenvalue weighted by Crippen LogP contribution is 2.26. The zero-order valence-electron chi connectivity index (χ0n) is 20.6. The number of rotatable bonds is 10. The highest BCUT2D eigenvalue weighted by atomic mass is 32.2. The predicted octanol–water partition coefficient (Wildman–Crippen LogP) is 5.95. The number of amides is 1. The summed E-state index contributed by atoms with van der Waals surface area (Å²) in [5.74, 6) is 1.57. The average molecular weight is 517 g/mol. The molecule has 0 atom stereocenters. The van der Waals surface area contributed by atoms with E-state index in [1.807, 2.05) is 37.3 Å². The molecule has 0 unspecified atom stereocenters. The van der Waals surface area contributed by atoms with Crippen LogP contribution in [0.1, 0.15) is 22.8 Å². The molecule has 1 amide bonds. The molecule has 7 nitrogen and oxygen atoms in total. The third kappa shape index (κ3) is 6.55. The minimum absolute atomic E-state index is 0.0409. The summed E-state index contributed by atoms with van der Waals surface area (Å²) >= 11 is 0. The van der Waals surface area contributed by atoms with Crippen molar-refractivity contribution in [1.29, 1.82) is 0 Å². The number of benzene rings is 4. The fourth-order valence-corrected chi connectivity index (χ4v) is 4.84. The Balaban J connectivity index is 1.49. The molecule has 0 saturated heterocycles. The van der Waals surface area contributed by atoms with Gasteiger partial charge in [0.05, 0.1) is 11.5 Å². The molecule has 0 spiro atoms. The van der Waals surface area contributed by atoms with Crippen molar-refractivity contribution in [2.45, 2.75) is 18.4 Å². The molecule has 1 N–H and O–H groups in total. The van der Waals surface area contributed by atoms with Crippen LogP contribution in [0.4, 0.5) is 5.69 Å². The monoisotopic (exact) mass is 516 g/mol. The fourth-order valence-electron chi connectivity index (χ4n) is 3.67. The summed E-state index contributed by atoms with van der Waals surface area (Å²) in [6, 6.07) is 29.7. The van der Waals surface area contributed by atoms with Crippen molar-refractivity contribution in [3.63, 3.8) is 0 Å². The Labute approximate surface area is 217 Å². The number of hydrogen-bond acceptors (Lipinski definition) is 5. The predicted molar refractivity (Wildman–Crippen MR) is 144 cm³/mol. The van der Waals surface area contributed by atoms with E-state index in [0.29, 0.717) is 34.9 Å². The molecule has 0 saturated carbocycles. The largest absolute Gasteiger partial charge is 0.494 e. The van der Waals surface area contributed by atoms with Crippen molar-refractivity contribution in [2.24, 2.45) is 0 Å². The highest BCUT2D eigenvalue weighted by molar-refractivity contribution is 7.89. The maximum atomic E-state index is 13.0. The molecular weight excluding hydrogens is 488 g/mol. The van der Waals surface area contributed by atoms with E-state index in [9.17, 15) is 13.2 Å². The number of anilines is 1. The summed E-state index contributed by atoms with van der Waals surface area (Å²) in [5, 5.41) is 2.87. The van der Waals surface area contributed by atoms with Gasteiger partial charge in [-0.1, -0.05) is 36.4 Å². The van der Waals surface area contributed by atoms with Crippen LogP contribution >= 0.6 is 0 Å². The Morgan fingerprint density at radius 2 is 1.46 bits per heavy atom. The van der Waals surface area contributed by atoms with Crippen LogP contribution in [0, 0.1) is 0 Å². The van der Waals surface area contributed by atoms with Crippen molar-refractivity contribution in [2.75, 3.05) is 19.0 Å². The number of carbonyl (C=O) groups is 1. The van der Waals surface area contributed by atoms with E-state index < -0.39 is 10.0 Å². The zero-order chi connectivity index (χ0) is 26.3. The van der Waals surface area contributed by atoms with Gasteiger partial charge >= 0.3 is 0 Å². The SMILES string of the molecule is CCOc1ccc(C(=O)Nc2ccc(Oc3ccccc3)cc2)cc1CN(C)S(=O)(=O)c1ccccc1. The molecule has 0 fully saturated rings. The Hall–Kier alpha value is -4.14. The van der Waals surface area contributed by atoms with E-state index in [1.165, 1.54) is 11.4 Å². The average Bonchev–Trinajstić information content (AvgIpc) is 2.92. The molecule has 4 aromatic rings. The molecule has 4 rings (SSSR count). The van der Waals surface area contributed by atoms with E-state index in [2.05, 4.69) is 5.32 Å². The third-order valence-corrected chi connectivity index (χ3v) is 7.38. The summed E-state index contributed by atoms with van der Waals surface area (Å²) in [6.45, 7) is 2.30. The minimum Gasteiger partial charge on any atom is -0.494 e. The Kier molecular flexibility index (Phi) is 8.22. The lowest BCUT2D eigenvalue weighted by Crippen LogP contribution is -2.27. The second-order valence-electron chi connectivity index (χ2n) is 8.22. The van der Waals surface area contributed by atoms with E-state index in [1.54, 1.807) is 72.8 Å². The number of nitrogens with zero attached hydrogens (tertiary/aromatic N) is 1. The molecule has 0 aliphatic heterocycles. The lowest BCUT2D eigenvalue weighted by molar-refractivity contribution is 0.102. The lowest BCUT2D eigenvalue weighted by Gasteiger charge is -2.20. The molecule has 0 radical (unpaired) electrons. The van der Waals surface area contributed by atoms with Crippen LogP contribution in [0.3, 0.4) is 0 Å². The van der Waals surface area contributed by atoms with Gasteiger partial charge in [-0.05, 0) is 73.7 Å². The molecule has 4 aromatic carbocycles. The standard InChI is InChI=1S/C29H28N2O5S/c1-3-35-28-19-14-22(20-23(28)21-31(2)37(33,34)27-12-8-5-9-13-27)29(32)30-24-15-17-26(18-16-24)36-25-10-6-4-7-11-25/h4-20H,3,21H2,1-2H3,(H,30,32).